The molecule has 70 valence electrons. The van der Waals surface area contributed by atoms with Gasteiger partial charge in [0.05, 0.1) is 0 Å². The first-order valence-corrected chi connectivity index (χ1v) is 3.30. The molecule has 1 aliphatic carbocycles. The maximum atomic E-state index is 2.27. The molecule has 0 radical (unpaired) electrons. The van der Waals surface area contributed by atoms with Crippen LogP contribution in [0, 0.1) is 0 Å². The number of hydrogen-bond acceptors (Lipinski definition) is 0. The van der Waals surface area contributed by atoms with Gasteiger partial charge in [-0.3, -0.25) is 0 Å². The molecule has 0 aromatic heterocycles. The number of hydrogen-bond donors (Lipinski definition) is 0. The molecular weight excluding hydrogens is 250 g/mol. The van der Waals surface area contributed by atoms with Gasteiger partial charge in [-0.1, -0.05) is 31.7 Å². The van der Waals surface area contributed by atoms with E-state index in [4.69, 9.17) is 0 Å². The third-order valence-corrected chi connectivity index (χ3v) is 1.33. The Labute approximate surface area is 90.2 Å². The predicted molar refractivity (Wildman–Crippen MR) is 43.5 cm³/mol. The van der Waals surface area contributed by atoms with Crippen molar-refractivity contribution < 1.29 is 32.8 Å². The summed E-state index contributed by atoms with van der Waals surface area (Å²) in [6, 6.07) is 0. The standard InChI is InChI=1S/C8H12.CH4.ClH.Pd/c1-2-4-6-8-7-5-3-1;;;/h1-2,7-8H,3-6H2;1H4;1H;/p-1/b2-1-,8-7-;;;. The Morgan fingerprint density at radius 1 is 0.636 bits per heavy atom. The fourth-order valence-corrected chi connectivity index (χ4v) is 0.856. The van der Waals surface area contributed by atoms with Crippen LogP contribution in [0.1, 0.15) is 33.1 Å². The first-order valence-electron chi connectivity index (χ1n) is 3.30. The summed E-state index contributed by atoms with van der Waals surface area (Å²) in [5.41, 5.74) is 0. The van der Waals surface area contributed by atoms with Crippen LogP contribution >= 0.6 is 0 Å². The fraction of sp³-hybridized carbons (Fsp3) is 0.556. The second-order valence-corrected chi connectivity index (χ2v) is 2.10. The molecule has 1 rings (SSSR count). The quantitative estimate of drug-likeness (QED) is 0.437. The summed E-state index contributed by atoms with van der Waals surface area (Å²) in [6.45, 7) is 0. The van der Waals surface area contributed by atoms with E-state index in [2.05, 4.69) is 24.3 Å². The average Bonchev–Trinajstić information content (AvgIpc) is 1.62. The van der Waals surface area contributed by atoms with Crippen LogP contribution in [-0.4, -0.2) is 0 Å². The van der Waals surface area contributed by atoms with Gasteiger partial charge in [0, 0.05) is 20.4 Å². The molecule has 0 aliphatic heterocycles. The Morgan fingerprint density at radius 2 is 0.818 bits per heavy atom. The van der Waals surface area contributed by atoms with Crippen LogP contribution in [0.5, 0.6) is 0 Å². The van der Waals surface area contributed by atoms with Crippen LogP contribution in [0.25, 0.3) is 0 Å². The van der Waals surface area contributed by atoms with Gasteiger partial charge in [-0.05, 0) is 25.7 Å². The molecule has 0 spiro atoms. The average molecular weight is 266 g/mol. The van der Waals surface area contributed by atoms with Crippen molar-refractivity contribution in [2.75, 3.05) is 0 Å². The van der Waals surface area contributed by atoms with E-state index in [0.717, 1.165) is 0 Å². The Kier molecular flexibility index (Phi) is 20.8. The van der Waals surface area contributed by atoms with Gasteiger partial charge in [0.1, 0.15) is 0 Å². The molecule has 0 atom stereocenters. The van der Waals surface area contributed by atoms with Crippen molar-refractivity contribution in [2.24, 2.45) is 0 Å². The van der Waals surface area contributed by atoms with Crippen molar-refractivity contribution in [3.63, 3.8) is 0 Å². The Morgan fingerprint density at radius 3 is 1.00 bits per heavy atom. The molecule has 1 aliphatic rings. The van der Waals surface area contributed by atoms with Gasteiger partial charge < -0.3 is 12.4 Å². The van der Waals surface area contributed by atoms with Crippen LogP contribution < -0.4 is 12.4 Å². The molecular formula is C9H16ClPd-. The van der Waals surface area contributed by atoms with Crippen molar-refractivity contribution in [1.29, 1.82) is 0 Å². The molecule has 0 bridgehead atoms. The van der Waals surface area contributed by atoms with E-state index in [1.54, 1.807) is 0 Å². The van der Waals surface area contributed by atoms with E-state index in [-0.39, 0.29) is 40.3 Å². The summed E-state index contributed by atoms with van der Waals surface area (Å²) >= 11 is 0. The van der Waals surface area contributed by atoms with Crippen LogP contribution in [0.3, 0.4) is 0 Å². The van der Waals surface area contributed by atoms with Crippen LogP contribution in [0.15, 0.2) is 24.3 Å². The molecule has 0 amide bonds. The van der Waals surface area contributed by atoms with E-state index >= 15 is 0 Å². The zero-order valence-corrected chi connectivity index (χ0v) is 8.14. The summed E-state index contributed by atoms with van der Waals surface area (Å²) in [7, 11) is 0. The minimum Gasteiger partial charge on any atom is -1.00 e. The first kappa shape index (κ1) is 17.5. The van der Waals surface area contributed by atoms with E-state index in [0.29, 0.717) is 0 Å². The molecule has 2 heteroatoms. The van der Waals surface area contributed by atoms with Gasteiger partial charge in [-0.2, -0.15) is 0 Å². The molecule has 0 fully saturated rings. The van der Waals surface area contributed by atoms with Gasteiger partial charge in [0.15, 0.2) is 0 Å². The topological polar surface area (TPSA) is 0 Å². The number of halogens is 1. The van der Waals surface area contributed by atoms with Crippen molar-refractivity contribution in [3.8, 4) is 0 Å². The monoisotopic (exact) mass is 265 g/mol. The van der Waals surface area contributed by atoms with Crippen LogP contribution in [0.4, 0.5) is 0 Å². The first-order chi connectivity index (χ1) is 4.00. The zero-order chi connectivity index (χ0) is 5.66. The minimum absolute atomic E-state index is 0. The van der Waals surface area contributed by atoms with Gasteiger partial charge in [-0.15, -0.1) is 0 Å². The van der Waals surface area contributed by atoms with Gasteiger partial charge >= 0.3 is 0 Å². The summed E-state index contributed by atoms with van der Waals surface area (Å²) in [4.78, 5) is 0. The molecule has 11 heavy (non-hydrogen) atoms. The van der Waals surface area contributed by atoms with Gasteiger partial charge in [-0.25, -0.2) is 0 Å². The smallest absolute Gasteiger partial charge is 0 e. The maximum absolute atomic E-state index is 2.27. The maximum Gasteiger partial charge on any atom is 0 e. The molecule has 0 N–H and O–H groups in total. The third kappa shape index (κ3) is 10.4. The molecule has 0 unspecified atom stereocenters. The van der Waals surface area contributed by atoms with Crippen LogP contribution in [-0.2, 0) is 20.4 Å². The molecule has 0 heterocycles. The predicted octanol–water partition coefficient (Wildman–Crippen LogP) is 0.310. The molecule has 0 aromatic rings. The van der Waals surface area contributed by atoms with E-state index < -0.39 is 0 Å². The van der Waals surface area contributed by atoms with Crippen molar-refractivity contribution in [2.45, 2.75) is 33.1 Å². The zero-order valence-electron chi connectivity index (χ0n) is 5.83. The number of allylic oxidation sites excluding steroid dienone is 4. The molecule has 0 nitrogen and oxygen atoms in total. The molecule has 0 aromatic carbocycles. The summed E-state index contributed by atoms with van der Waals surface area (Å²) in [6.07, 6.45) is 14.0. The van der Waals surface area contributed by atoms with E-state index in [1.165, 1.54) is 25.7 Å². The summed E-state index contributed by atoms with van der Waals surface area (Å²) in [5, 5.41) is 0. The minimum atomic E-state index is 0. The Hall–Kier alpha value is 0.432. The Balaban J connectivity index is -0.000000213. The van der Waals surface area contributed by atoms with Crippen molar-refractivity contribution >= 4 is 0 Å². The SMILES string of the molecule is C.C1=C\CC/C=C\CC/1.[Cl-].[Pd]. The second kappa shape index (κ2) is 13.1. The third-order valence-electron chi connectivity index (χ3n) is 1.33. The van der Waals surface area contributed by atoms with E-state index in [9.17, 15) is 0 Å². The summed E-state index contributed by atoms with van der Waals surface area (Å²) in [5.74, 6) is 0. The second-order valence-electron chi connectivity index (χ2n) is 2.10. The fourth-order valence-electron chi connectivity index (χ4n) is 0.856. The van der Waals surface area contributed by atoms with Gasteiger partial charge in [0.2, 0.25) is 0 Å². The molecule has 0 saturated heterocycles. The molecule has 0 saturated carbocycles. The largest absolute Gasteiger partial charge is 1.00 e. The Bertz CT molecular complexity index is 82.1. The number of rotatable bonds is 0. The summed E-state index contributed by atoms with van der Waals surface area (Å²) < 4.78 is 0. The van der Waals surface area contributed by atoms with Crippen molar-refractivity contribution in [1.82, 2.24) is 0 Å². The van der Waals surface area contributed by atoms with E-state index in [1.807, 2.05) is 0 Å². The normalized spacial score (nSPS) is 20.4. The van der Waals surface area contributed by atoms with Crippen molar-refractivity contribution in [3.05, 3.63) is 24.3 Å². The van der Waals surface area contributed by atoms with Gasteiger partial charge in [0.25, 0.3) is 0 Å². The van der Waals surface area contributed by atoms with Crippen LogP contribution in [0.2, 0.25) is 0 Å².